The van der Waals surface area contributed by atoms with Gasteiger partial charge in [0.15, 0.2) is 0 Å². The average molecular weight is 1050 g/mol. The number of fused-ring (bicyclic) bond motifs is 21. The van der Waals surface area contributed by atoms with Crippen LogP contribution in [-0.4, -0.2) is 43.2 Å². The van der Waals surface area contributed by atoms with E-state index in [2.05, 4.69) is 191 Å². The second-order valence-electron chi connectivity index (χ2n) is 21.1. The van der Waals surface area contributed by atoms with Crippen LogP contribution in [0.4, 0.5) is 0 Å². The topological polar surface area (TPSA) is 141 Å². The summed E-state index contributed by atoms with van der Waals surface area (Å²) < 4.78 is 16.5. The summed E-state index contributed by atoms with van der Waals surface area (Å²) in [7, 11) is 0. The van der Waals surface area contributed by atoms with Gasteiger partial charge in [-0.3, -0.25) is 19.9 Å². The number of rotatable bonds is 4. The first kappa shape index (κ1) is 44.3. The van der Waals surface area contributed by atoms with E-state index in [-0.39, 0.29) is 0 Å². The molecule has 1 aliphatic carbocycles. The summed E-state index contributed by atoms with van der Waals surface area (Å²) in [4.78, 5) is 24.9. The van der Waals surface area contributed by atoms with E-state index in [1.54, 1.807) is 12.4 Å². The van der Waals surface area contributed by atoms with Gasteiger partial charge in [-0.05, 0) is 84.9 Å². The smallest absolute Gasteiger partial charge is 0.141 e. The Balaban J connectivity index is 0.967. The van der Waals surface area contributed by atoms with Crippen LogP contribution in [0.3, 0.4) is 0 Å². The van der Waals surface area contributed by atoms with Gasteiger partial charge in [0.2, 0.25) is 0 Å². The number of nitrogens with zero attached hydrogens (tertiary/aromatic N) is 11. The molecule has 1 unspecified atom stereocenters. The number of pyridine rings is 5. The maximum Gasteiger partial charge on any atom is 0.141 e. The minimum Gasteiger partial charge on any atom is -0.457 e. The van der Waals surface area contributed by atoms with Crippen LogP contribution in [0, 0.1) is 22.7 Å². The van der Waals surface area contributed by atoms with Crippen LogP contribution in [0.25, 0.3) is 121 Å². The zero-order valence-corrected chi connectivity index (χ0v) is 43.2. The van der Waals surface area contributed by atoms with Gasteiger partial charge in [0, 0.05) is 95.6 Å². The molecule has 18 rings (SSSR count). The number of hydrogen-bond donors (Lipinski definition) is 0. The molecule has 1 atom stereocenters. The number of benzene rings is 7. The molecule has 0 N–H and O–H groups in total. The van der Waals surface area contributed by atoms with Gasteiger partial charge in [-0.15, -0.1) is 0 Å². The van der Waals surface area contributed by atoms with Crippen molar-refractivity contribution in [2.24, 2.45) is 0 Å². The molecule has 7 aromatic carbocycles. The third kappa shape index (κ3) is 5.73. The maximum absolute atomic E-state index is 10.1. The Kier molecular flexibility index (Phi) is 8.73. The molecule has 378 valence electrons. The molecule has 12 heteroatoms. The summed E-state index contributed by atoms with van der Waals surface area (Å²) in [6, 6.07) is 68.0. The number of aromatic nitrogens is 9. The molecule has 0 amide bonds. The molecule has 12 nitrogen and oxygen atoms in total. The quantitative estimate of drug-likeness (QED) is 0.170. The Bertz CT molecular complexity index is 5180. The second-order valence-corrected chi connectivity index (χ2v) is 21.1. The summed E-state index contributed by atoms with van der Waals surface area (Å²) in [5.41, 5.74) is 16.4. The number of hydrogen-bond acceptors (Lipinski definition) is 8. The van der Waals surface area contributed by atoms with E-state index in [0.717, 1.165) is 144 Å². The Hall–Kier alpha value is -11.7. The third-order valence-corrected chi connectivity index (χ3v) is 17.2. The minimum atomic E-state index is -1.08. The highest BCUT2D eigenvalue weighted by molar-refractivity contribution is 6.12. The van der Waals surface area contributed by atoms with Crippen molar-refractivity contribution in [3.8, 4) is 57.8 Å². The van der Waals surface area contributed by atoms with Crippen LogP contribution in [0.2, 0.25) is 0 Å². The summed E-state index contributed by atoms with van der Waals surface area (Å²) >= 11 is 0. The van der Waals surface area contributed by atoms with Crippen molar-refractivity contribution in [3.63, 3.8) is 0 Å². The molecule has 9 aromatic heterocycles. The van der Waals surface area contributed by atoms with Crippen molar-refractivity contribution < 1.29 is 4.74 Å². The fraction of sp³-hybridized carbons (Fsp3) is 0.0143. The van der Waals surface area contributed by atoms with Gasteiger partial charge in [0.25, 0.3) is 0 Å². The lowest BCUT2D eigenvalue weighted by atomic mass is 9.66. The molecular weight excluding hydrogens is 1010 g/mol. The first-order chi connectivity index (χ1) is 40.6. The molecule has 10 heterocycles. The van der Waals surface area contributed by atoms with E-state index >= 15 is 0 Å². The molecule has 82 heavy (non-hydrogen) atoms. The van der Waals surface area contributed by atoms with Gasteiger partial charge < -0.3 is 23.0 Å². The number of nitriles is 2. The molecule has 0 bridgehead atoms. The van der Waals surface area contributed by atoms with E-state index < -0.39 is 5.41 Å². The zero-order chi connectivity index (χ0) is 53.9. The van der Waals surface area contributed by atoms with Crippen LogP contribution in [-0.2, 0) is 5.41 Å². The minimum absolute atomic E-state index is 0.331. The molecule has 0 radical (unpaired) electrons. The molecule has 0 saturated heterocycles. The molecule has 0 saturated carbocycles. The Morgan fingerprint density at radius 2 is 0.780 bits per heavy atom. The van der Waals surface area contributed by atoms with Gasteiger partial charge in [-0.1, -0.05) is 84.9 Å². The Morgan fingerprint density at radius 1 is 0.341 bits per heavy atom. The van der Waals surface area contributed by atoms with Gasteiger partial charge in [0.1, 0.15) is 23.3 Å². The molecule has 16 aromatic rings. The van der Waals surface area contributed by atoms with Gasteiger partial charge >= 0.3 is 0 Å². The van der Waals surface area contributed by atoms with E-state index in [1.807, 2.05) is 67.4 Å². The summed E-state index contributed by atoms with van der Waals surface area (Å²) in [6.45, 7) is 0. The van der Waals surface area contributed by atoms with Gasteiger partial charge in [0.05, 0.1) is 121 Å². The SMILES string of the molecule is N#Cc1ccc2c(c1)c1ccccc1n2-c1ccc2c(c1)Oc1cc(-n3c4cnccc4c4cc(C#N)ncc43)ccc1C21c2cc(-n3c4ccccc4c4ccccc43)cnc2-c2ncc(-n3c4ccccc4c4ccncc43)cc21. The summed E-state index contributed by atoms with van der Waals surface area (Å²) in [6.07, 6.45) is 13.2. The van der Waals surface area contributed by atoms with Crippen molar-refractivity contribution in [1.82, 2.24) is 43.2 Å². The van der Waals surface area contributed by atoms with E-state index in [4.69, 9.17) is 14.7 Å². The highest BCUT2D eigenvalue weighted by Crippen LogP contribution is 2.62. The molecule has 2 aliphatic rings. The average Bonchev–Trinajstić information content (AvgIpc) is 4.01. The zero-order valence-electron chi connectivity index (χ0n) is 43.2. The van der Waals surface area contributed by atoms with E-state index in [1.165, 1.54) is 0 Å². The fourth-order valence-electron chi connectivity index (χ4n) is 13.9. The highest BCUT2D eigenvalue weighted by Gasteiger charge is 2.53. The van der Waals surface area contributed by atoms with Crippen LogP contribution in [0.15, 0.2) is 225 Å². The largest absolute Gasteiger partial charge is 0.457 e. The predicted octanol–water partition coefficient (Wildman–Crippen LogP) is 15.3. The Labute approximate surface area is 465 Å². The molecule has 1 spiro atoms. The summed E-state index contributed by atoms with van der Waals surface area (Å²) in [5, 5.41) is 28.5. The monoisotopic (exact) mass is 1050 g/mol. The third-order valence-electron chi connectivity index (χ3n) is 17.2. The number of ether oxygens (including phenoxy) is 1. The van der Waals surface area contributed by atoms with Crippen LogP contribution in [0.5, 0.6) is 11.5 Å². The van der Waals surface area contributed by atoms with E-state index in [9.17, 15) is 10.5 Å². The lowest BCUT2D eigenvalue weighted by molar-refractivity contribution is 0.436. The van der Waals surface area contributed by atoms with Gasteiger partial charge in [-0.2, -0.15) is 10.5 Å². The van der Waals surface area contributed by atoms with Crippen molar-refractivity contribution in [1.29, 1.82) is 10.5 Å². The molecular formula is C70H37N11O. The second kappa shape index (κ2) is 16.2. The van der Waals surface area contributed by atoms with Crippen LogP contribution < -0.4 is 4.74 Å². The molecule has 0 fully saturated rings. The van der Waals surface area contributed by atoms with Crippen molar-refractivity contribution in [2.75, 3.05) is 0 Å². The van der Waals surface area contributed by atoms with Crippen molar-refractivity contribution in [3.05, 3.63) is 259 Å². The van der Waals surface area contributed by atoms with Crippen LogP contribution in [0.1, 0.15) is 33.5 Å². The first-order valence-corrected chi connectivity index (χ1v) is 27.0. The first-order valence-electron chi connectivity index (χ1n) is 27.0. The lowest BCUT2D eigenvalue weighted by Crippen LogP contribution is -2.32. The lowest BCUT2D eigenvalue weighted by Gasteiger charge is -2.39. The fourth-order valence-corrected chi connectivity index (χ4v) is 13.9. The van der Waals surface area contributed by atoms with E-state index in [0.29, 0.717) is 22.8 Å². The van der Waals surface area contributed by atoms with Crippen molar-refractivity contribution >= 4 is 87.2 Å². The predicted molar refractivity (Wildman–Crippen MR) is 320 cm³/mol. The maximum atomic E-state index is 10.1. The van der Waals surface area contributed by atoms with Crippen molar-refractivity contribution in [2.45, 2.75) is 5.41 Å². The Morgan fingerprint density at radius 3 is 1.32 bits per heavy atom. The molecule has 1 aliphatic heterocycles. The normalized spacial score (nSPS) is 14.2. The van der Waals surface area contributed by atoms with Gasteiger partial charge in [-0.25, -0.2) is 4.98 Å². The highest BCUT2D eigenvalue weighted by atomic mass is 16.5. The standard InChI is InChI=1S/C70H37N11O/c71-33-40-17-22-62-52(27-40)49-12-4-8-16-61(49)78(62)42-18-20-54-66(31-42)82-67-32-43(79-64-38-74-26-24-51(64)53-28-41(34-72)75-39-65(53)79)19-21-55(67)70(54)56-29-44(80-58-13-5-1-9-46(58)47-10-2-6-14-59(47)80)35-76-68(56)69-57(70)30-45(36-77-69)81-60-15-7-3-11-48(60)50-23-25-73-37-63(50)81/h1-32,35-39H. The van der Waals surface area contributed by atoms with Crippen LogP contribution >= 0.6 is 0 Å². The number of para-hydroxylation sites is 4. The summed E-state index contributed by atoms with van der Waals surface area (Å²) in [5.74, 6) is 1.29.